The van der Waals surface area contributed by atoms with E-state index in [-0.39, 0.29) is 6.10 Å². The fourth-order valence-corrected chi connectivity index (χ4v) is 2.72. The quantitative estimate of drug-likeness (QED) is 0.887. The number of carboxylic acids is 1. The van der Waals surface area contributed by atoms with Gasteiger partial charge in [-0.05, 0) is 42.9 Å². The maximum absolute atomic E-state index is 11.2. The molecule has 1 aliphatic rings. The van der Waals surface area contributed by atoms with Gasteiger partial charge < -0.3 is 15.6 Å². The Hall–Kier alpha value is -1.55. The van der Waals surface area contributed by atoms with Gasteiger partial charge in [0.15, 0.2) is 0 Å². The van der Waals surface area contributed by atoms with E-state index in [0.29, 0.717) is 25.2 Å². The van der Waals surface area contributed by atoms with Gasteiger partial charge in [0.2, 0.25) is 0 Å². The SMILES string of the molecule is Cc1ccc(C(C)C)c(OC2CCC(N)(C(=O)O)C2)c1. The summed E-state index contributed by atoms with van der Waals surface area (Å²) in [5.74, 6) is 0.297. The first-order valence-corrected chi connectivity index (χ1v) is 7.11. The molecule has 0 heterocycles. The van der Waals surface area contributed by atoms with Crippen LogP contribution in [0.4, 0.5) is 0 Å². The van der Waals surface area contributed by atoms with Crippen LogP contribution in [0.25, 0.3) is 0 Å². The molecule has 2 atom stereocenters. The number of benzene rings is 1. The van der Waals surface area contributed by atoms with Gasteiger partial charge in [-0.25, -0.2) is 0 Å². The molecule has 0 aliphatic heterocycles. The summed E-state index contributed by atoms with van der Waals surface area (Å²) < 4.78 is 6.05. The Morgan fingerprint density at radius 3 is 2.75 bits per heavy atom. The van der Waals surface area contributed by atoms with Crippen LogP contribution in [0.3, 0.4) is 0 Å². The third kappa shape index (κ3) is 2.96. The number of hydrogen-bond acceptors (Lipinski definition) is 3. The summed E-state index contributed by atoms with van der Waals surface area (Å²) in [5, 5.41) is 9.16. The minimum Gasteiger partial charge on any atom is -0.490 e. The molecule has 0 radical (unpaired) electrons. The number of ether oxygens (including phenoxy) is 1. The minimum atomic E-state index is -1.13. The number of nitrogens with two attached hydrogens (primary N) is 1. The fourth-order valence-electron chi connectivity index (χ4n) is 2.72. The summed E-state index contributed by atoms with van der Waals surface area (Å²) in [6.07, 6.45) is 1.41. The van der Waals surface area contributed by atoms with Crippen molar-refractivity contribution in [3.05, 3.63) is 29.3 Å². The molecule has 110 valence electrons. The molecule has 1 aromatic rings. The normalized spacial score (nSPS) is 25.9. The molecule has 0 amide bonds. The van der Waals surface area contributed by atoms with Gasteiger partial charge in [-0.2, -0.15) is 0 Å². The average Bonchev–Trinajstić information content (AvgIpc) is 2.72. The number of carboxylic acid groups (broad SMARTS) is 1. The van der Waals surface area contributed by atoms with Gasteiger partial charge in [0, 0.05) is 6.42 Å². The lowest BCUT2D eigenvalue weighted by Crippen LogP contribution is -2.46. The molecule has 0 spiro atoms. The monoisotopic (exact) mass is 277 g/mol. The van der Waals surface area contributed by atoms with Crippen LogP contribution in [0.5, 0.6) is 5.75 Å². The summed E-state index contributed by atoms with van der Waals surface area (Å²) in [5.41, 5.74) is 7.05. The first kappa shape index (κ1) is 14.9. The minimum absolute atomic E-state index is 0.115. The second kappa shape index (κ2) is 5.44. The van der Waals surface area contributed by atoms with E-state index in [1.807, 2.05) is 13.0 Å². The maximum atomic E-state index is 11.2. The van der Waals surface area contributed by atoms with E-state index < -0.39 is 11.5 Å². The summed E-state index contributed by atoms with van der Waals surface area (Å²) in [7, 11) is 0. The maximum Gasteiger partial charge on any atom is 0.323 e. The first-order chi connectivity index (χ1) is 9.32. The van der Waals surface area contributed by atoms with Crippen molar-refractivity contribution in [3.63, 3.8) is 0 Å². The van der Waals surface area contributed by atoms with Crippen LogP contribution < -0.4 is 10.5 Å². The topological polar surface area (TPSA) is 72.5 Å². The molecule has 0 bridgehead atoms. The van der Waals surface area contributed by atoms with Crippen LogP contribution >= 0.6 is 0 Å². The average molecular weight is 277 g/mol. The molecule has 4 heteroatoms. The number of aryl methyl sites for hydroxylation is 1. The van der Waals surface area contributed by atoms with Gasteiger partial charge in [-0.15, -0.1) is 0 Å². The Morgan fingerprint density at radius 2 is 2.20 bits per heavy atom. The summed E-state index contributed by atoms with van der Waals surface area (Å²) in [6.45, 7) is 6.27. The van der Waals surface area contributed by atoms with Gasteiger partial charge in [0.05, 0.1) is 0 Å². The second-order valence-electron chi connectivity index (χ2n) is 6.14. The highest BCUT2D eigenvalue weighted by Gasteiger charge is 2.43. The highest BCUT2D eigenvalue weighted by Crippen LogP contribution is 2.34. The lowest BCUT2D eigenvalue weighted by molar-refractivity contribution is -0.143. The Balaban J connectivity index is 2.15. The van der Waals surface area contributed by atoms with Crippen molar-refractivity contribution in [3.8, 4) is 5.75 Å². The zero-order valence-electron chi connectivity index (χ0n) is 12.3. The van der Waals surface area contributed by atoms with E-state index in [9.17, 15) is 4.79 Å². The number of carbonyl (C=O) groups is 1. The summed E-state index contributed by atoms with van der Waals surface area (Å²) >= 11 is 0. The van der Waals surface area contributed by atoms with Gasteiger partial charge in [-0.1, -0.05) is 26.0 Å². The fraction of sp³-hybridized carbons (Fsp3) is 0.562. The molecule has 0 saturated heterocycles. The van der Waals surface area contributed by atoms with Gasteiger partial charge >= 0.3 is 5.97 Å². The molecule has 3 N–H and O–H groups in total. The molecule has 1 saturated carbocycles. The van der Waals surface area contributed by atoms with E-state index in [1.165, 1.54) is 0 Å². The third-order valence-corrected chi connectivity index (χ3v) is 4.01. The zero-order valence-corrected chi connectivity index (χ0v) is 12.3. The van der Waals surface area contributed by atoms with E-state index >= 15 is 0 Å². The Morgan fingerprint density at radius 1 is 1.50 bits per heavy atom. The summed E-state index contributed by atoms with van der Waals surface area (Å²) in [4.78, 5) is 11.2. The molecule has 1 aliphatic carbocycles. The number of hydrogen-bond donors (Lipinski definition) is 2. The lowest BCUT2D eigenvalue weighted by atomic mass is 9.99. The molecular weight excluding hydrogens is 254 g/mol. The van der Waals surface area contributed by atoms with Crippen LogP contribution in [0.15, 0.2) is 18.2 Å². The molecule has 4 nitrogen and oxygen atoms in total. The molecule has 20 heavy (non-hydrogen) atoms. The van der Waals surface area contributed by atoms with Crippen molar-refractivity contribution < 1.29 is 14.6 Å². The van der Waals surface area contributed by atoms with E-state index in [2.05, 4.69) is 26.0 Å². The third-order valence-electron chi connectivity index (χ3n) is 4.01. The van der Waals surface area contributed by atoms with Gasteiger partial charge in [-0.3, -0.25) is 4.79 Å². The predicted octanol–water partition coefficient (Wildman–Crippen LogP) is 2.83. The van der Waals surface area contributed by atoms with Crippen LogP contribution in [-0.2, 0) is 4.79 Å². The highest BCUT2D eigenvalue weighted by molar-refractivity contribution is 5.79. The zero-order chi connectivity index (χ0) is 14.9. The molecular formula is C16H23NO3. The van der Waals surface area contributed by atoms with E-state index in [4.69, 9.17) is 15.6 Å². The standard InChI is InChI=1S/C16H23NO3/c1-10(2)13-5-4-11(3)8-14(13)20-12-6-7-16(17,9-12)15(18)19/h4-5,8,10,12H,6-7,9,17H2,1-3H3,(H,18,19). The van der Waals surface area contributed by atoms with Crippen LogP contribution in [-0.4, -0.2) is 22.7 Å². The van der Waals surface area contributed by atoms with Crippen LogP contribution in [0.2, 0.25) is 0 Å². The summed E-state index contributed by atoms with van der Waals surface area (Å²) in [6, 6.07) is 6.17. The molecule has 1 aromatic carbocycles. The smallest absolute Gasteiger partial charge is 0.323 e. The molecule has 2 rings (SSSR count). The Kier molecular flexibility index (Phi) is 4.04. The van der Waals surface area contributed by atoms with Crippen LogP contribution in [0, 0.1) is 6.92 Å². The number of aliphatic carboxylic acids is 1. The van der Waals surface area contributed by atoms with Crippen molar-refractivity contribution in [2.45, 2.75) is 57.6 Å². The Labute approximate surface area is 119 Å². The Bertz CT molecular complexity index is 512. The molecule has 0 aromatic heterocycles. The van der Waals surface area contributed by atoms with Crippen molar-refractivity contribution in [1.29, 1.82) is 0 Å². The van der Waals surface area contributed by atoms with E-state index in [1.54, 1.807) is 0 Å². The molecule has 2 unspecified atom stereocenters. The van der Waals surface area contributed by atoms with Gasteiger partial charge in [0.25, 0.3) is 0 Å². The van der Waals surface area contributed by atoms with Crippen molar-refractivity contribution >= 4 is 5.97 Å². The van der Waals surface area contributed by atoms with E-state index in [0.717, 1.165) is 16.9 Å². The first-order valence-electron chi connectivity index (χ1n) is 7.11. The highest BCUT2D eigenvalue weighted by atomic mass is 16.5. The van der Waals surface area contributed by atoms with Crippen LogP contribution in [0.1, 0.15) is 50.2 Å². The van der Waals surface area contributed by atoms with Crippen molar-refractivity contribution in [2.75, 3.05) is 0 Å². The van der Waals surface area contributed by atoms with Gasteiger partial charge in [0.1, 0.15) is 17.4 Å². The number of rotatable bonds is 4. The van der Waals surface area contributed by atoms with Crippen molar-refractivity contribution in [2.24, 2.45) is 5.73 Å². The second-order valence-corrected chi connectivity index (χ2v) is 6.14. The van der Waals surface area contributed by atoms with Crippen molar-refractivity contribution in [1.82, 2.24) is 0 Å². The largest absolute Gasteiger partial charge is 0.490 e. The predicted molar refractivity (Wildman–Crippen MR) is 78.1 cm³/mol. The molecule has 1 fully saturated rings. The lowest BCUT2D eigenvalue weighted by Gasteiger charge is -2.21.